The molecule has 2 saturated heterocycles. The molecule has 4 rings (SSSR count). The molecule has 152 valence electrons. The molecule has 6 heteroatoms. The maximum Gasteiger partial charge on any atom is 0.251 e. The van der Waals surface area contributed by atoms with Crippen LogP contribution in [0.3, 0.4) is 0 Å². The highest BCUT2D eigenvalue weighted by Crippen LogP contribution is 2.41. The molecular weight excluding hydrogens is 354 g/mol. The van der Waals surface area contributed by atoms with E-state index < -0.39 is 0 Å². The first kappa shape index (κ1) is 19.4. The van der Waals surface area contributed by atoms with E-state index >= 15 is 0 Å². The van der Waals surface area contributed by atoms with Crippen molar-refractivity contribution < 1.29 is 14.3 Å². The number of nitrogens with zero attached hydrogens (tertiary/aromatic N) is 2. The van der Waals surface area contributed by atoms with Gasteiger partial charge >= 0.3 is 0 Å². The Balaban J connectivity index is 1.26. The lowest BCUT2D eigenvalue weighted by molar-refractivity contribution is -0.142. The van der Waals surface area contributed by atoms with Crippen LogP contribution >= 0.6 is 0 Å². The predicted octanol–water partition coefficient (Wildman–Crippen LogP) is 1.89. The van der Waals surface area contributed by atoms with Gasteiger partial charge in [-0.25, -0.2) is 0 Å². The molecule has 0 aromatic heterocycles. The van der Waals surface area contributed by atoms with Crippen molar-refractivity contribution >= 4 is 11.8 Å². The number of benzene rings is 1. The monoisotopic (exact) mass is 385 g/mol. The molecule has 0 spiro atoms. The van der Waals surface area contributed by atoms with E-state index in [1.54, 1.807) is 0 Å². The van der Waals surface area contributed by atoms with E-state index in [1.165, 1.54) is 24.0 Å². The molecule has 2 unspecified atom stereocenters. The molecular formula is C22H31N3O3. The summed E-state index contributed by atoms with van der Waals surface area (Å²) in [6, 6.07) is 8.61. The largest absolute Gasteiger partial charge is 0.368 e. The Morgan fingerprint density at radius 1 is 1.11 bits per heavy atom. The summed E-state index contributed by atoms with van der Waals surface area (Å²) in [5, 5.41) is 3.26. The van der Waals surface area contributed by atoms with Gasteiger partial charge in [0.2, 0.25) is 5.91 Å². The van der Waals surface area contributed by atoms with Crippen LogP contribution in [0.1, 0.15) is 42.9 Å². The maximum absolute atomic E-state index is 12.7. The topological polar surface area (TPSA) is 61.9 Å². The quantitative estimate of drug-likeness (QED) is 0.812. The fraction of sp³-hybridized carbons (Fsp3) is 0.636. The van der Waals surface area contributed by atoms with Crippen molar-refractivity contribution in [2.24, 2.45) is 5.92 Å². The zero-order valence-corrected chi connectivity index (χ0v) is 16.7. The number of rotatable bonds is 6. The van der Waals surface area contributed by atoms with E-state index in [0.29, 0.717) is 32.2 Å². The van der Waals surface area contributed by atoms with Crippen molar-refractivity contribution in [2.45, 2.75) is 44.8 Å². The normalized spacial score (nSPS) is 24.2. The number of ether oxygens (including phenoxy) is 1. The van der Waals surface area contributed by atoms with Crippen molar-refractivity contribution in [1.82, 2.24) is 15.1 Å². The molecule has 2 heterocycles. The number of piperazine rings is 1. The summed E-state index contributed by atoms with van der Waals surface area (Å²) in [5.74, 6) is 0.763. The van der Waals surface area contributed by atoms with Gasteiger partial charge in [0.25, 0.3) is 5.91 Å². The average Bonchev–Trinajstić information content (AvgIpc) is 3.40. The standard InChI is InChI=1S/C22H31N3O3/c1-16-4-6-17(7-5-16)21(18-8-9-18)23-20(26)15-24-10-12-25(13-11-24)22(27)19-3-2-14-28-19/h4-7,18-19,21H,2-3,8-15H2,1H3,(H,23,26). The molecule has 2 atom stereocenters. The van der Waals surface area contributed by atoms with Crippen molar-refractivity contribution in [3.05, 3.63) is 35.4 Å². The summed E-state index contributed by atoms with van der Waals surface area (Å²) in [5.41, 5.74) is 2.44. The molecule has 1 aromatic rings. The Hall–Kier alpha value is -1.92. The van der Waals surface area contributed by atoms with Crippen molar-refractivity contribution in [2.75, 3.05) is 39.3 Å². The van der Waals surface area contributed by atoms with E-state index in [4.69, 9.17) is 4.74 Å². The minimum absolute atomic E-state index is 0.0800. The lowest BCUT2D eigenvalue weighted by Gasteiger charge is -2.35. The molecule has 3 aliphatic rings. The van der Waals surface area contributed by atoms with Gasteiger partial charge in [-0.3, -0.25) is 14.5 Å². The third-order valence-electron chi connectivity index (χ3n) is 6.10. The second-order valence-corrected chi connectivity index (χ2v) is 8.40. The Bertz CT molecular complexity index is 687. The Kier molecular flexibility index (Phi) is 5.97. The first-order valence-electron chi connectivity index (χ1n) is 10.6. The minimum Gasteiger partial charge on any atom is -0.368 e. The molecule has 1 saturated carbocycles. The summed E-state index contributed by atoms with van der Waals surface area (Å²) in [6.07, 6.45) is 3.93. The number of hydrogen-bond donors (Lipinski definition) is 1. The van der Waals surface area contributed by atoms with E-state index in [2.05, 4.69) is 41.4 Å². The first-order valence-corrected chi connectivity index (χ1v) is 10.6. The predicted molar refractivity (Wildman–Crippen MR) is 107 cm³/mol. The molecule has 1 N–H and O–H groups in total. The average molecular weight is 386 g/mol. The minimum atomic E-state index is -0.247. The maximum atomic E-state index is 12.7. The summed E-state index contributed by atoms with van der Waals surface area (Å²) in [4.78, 5) is 29.1. The molecule has 2 aliphatic heterocycles. The highest BCUT2D eigenvalue weighted by atomic mass is 16.5. The van der Waals surface area contributed by atoms with Crippen molar-refractivity contribution in [1.29, 1.82) is 0 Å². The summed E-state index contributed by atoms with van der Waals surface area (Å²) >= 11 is 0. The molecule has 0 radical (unpaired) electrons. The van der Waals surface area contributed by atoms with Crippen LogP contribution in [0.2, 0.25) is 0 Å². The molecule has 1 aliphatic carbocycles. The van der Waals surface area contributed by atoms with Gasteiger partial charge in [-0.1, -0.05) is 29.8 Å². The van der Waals surface area contributed by atoms with Crippen LogP contribution in [0.4, 0.5) is 0 Å². The summed E-state index contributed by atoms with van der Waals surface area (Å²) in [7, 11) is 0. The Morgan fingerprint density at radius 2 is 1.82 bits per heavy atom. The smallest absolute Gasteiger partial charge is 0.251 e. The van der Waals surface area contributed by atoms with Gasteiger partial charge in [0.1, 0.15) is 6.10 Å². The zero-order chi connectivity index (χ0) is 19.5. The van der Waals surface area contributed by atoms with E-state index in [9.17, 15) is 9.59 Å². The van der Waals surface area contributed by atoms with Crippen LogP contribution in [-0.2, 0) is 14.3 Å². The van der Waals surface area contributed by atoms with Gasteiger partial charge in [0.05, 0.1) is 12.6 Å². The highest BCUT2D eigenvalue weighted by Gasteiger charge is 2.34. The first-order chi connectivity index (χ1) is 13.6. The third-order valence-corrected chi connectivity index (χ3v) is 6.10. The van der Waals surface area contributed by atoms with Gasteiger partial charge in [0, 0.05) is 32.8 Å². The molecule has 0 bridgehead atoms. The molecule has 28 heavy (non-hydrogen) atoms. The van der Waals surface area contributed by atoms with E-state index in [-0.39, 0.29) is 24.0 Å². The van der Waals surface area contributed by atoms with Gasteiger partial charge in [-0.05, 0) is 44.1 Å². The van der Waals surface area contributed by atoms with Gasteiger partial charge in [0.15, 0.2) is 0 Å². The van der Waals surface area contributed by atoms with E-state index in [1.807, 2.05) is 4.90 Å². The SMILES string of the molecule is Cc1ccc(C(NC(=O)CN2CCN(C(=O)C3CCCO3)CC2)C2CC2)cc1. The highest BCUT2D eigenvalue weighted by molar-refractivity contribution is 5.81. The van der Waals surface area contributed by atoms with Gasteiger partial charge < -0.3 is 15.0 Å². The molecule has 6 nitrogen and oxygen atoms in total. The van der Waals surface area contributed by atoms with Crippen molar-refractivity contribution in [3.63, 3.8) is 0 Å². The number of nitrogens with one attached hydrogen (secondary N) is 1. The lowest BCUT2D eigenvalue weighted by atomic mass is 10.0. The molecule has 2 amide bonds. The second kappa shape index (κ2) is 8.62. The van der Waals surface area contributed by atoms with Gasteiger partial charge in [-0.2, -0.15) is 0 Å². The number of aryl methyl sites for hydroxylation is 1. The van der Waals surface area contributed by atoms with Crippen LogP contribution in [0.5, 0.6) is 0 Å². The third kappa shape index (κ3) is 4.73. The van der Waals surface area contributed by atoms with Crippen LogP contribution in [0.25, 0.3) is 0 Å². The lowest BCUT2D eigenvalue weighted by Crippen LogP contribution is -2.53. The number of hydrogen-bond acceptors (Lipinski definition) is 4. The van der Waals surface area contributed by atoms with Crippen LogP contribution in [-0.4, -0.2) is 67.0 Å². The molecule has 1 aromatic carbocycles. The Morgan fingerprint density at radius 3 is 2.43 bits per heavy atom. The number of carbonyl (C=O) groups is 2. The Labute approximate surface area is 167 Å². The number of carbonyl (C=O) groups excluding carboxylic acids is 2. The fourth-order valence-corrected chi connectivity index (χ4v) is 4.20. The zero-order valence-electron chi connectivity index (χ0n) is 16.7. The van der Waals surface area contributed by atoms with Crippen LogP contribution in [0.15, 0.2) is 24.3 Å². The number of amides is 2. The van der Waals surface area contributed by atoms with Crippen molar-refractivity contribution in [3.8, 4) is 0 Å². The summed E-state index contributed by atoms with van der Waals surface area (Å²) < 4.78 is 5.51. The fourth-order valence-electron chi connectivity index (χ4n) is 4.20. The van der Waals surface area contributed by atoms with Crippen LogP contribution in [0, 0.1) is 12.8 Å². The van der Waals surface area contributed by atoms with Crippen LogP contribution < -0.4 is 5.32 Å². The molecule has 3 fully saturated rings. The van der Waals surface area contributed by atoms with E-state index in [0.717, 1.165) is 25.9 Å². The summed E-state index contributed by atoms with van der Waals surface area (Å²) in [6.45, 7) is 6.01. The van der Waals surface area contributed by atoms with Gasteiger partial charge in [-0.15, -0.1) is 0 Å². The second-order valence-electron chi connectivity index (χ2n) is 8.40.